The average Bonchev–Trinajstić information content (AvgIpc) is 3.29. The molecule has 0 amide bonds. The molecule has 1 heterocycles. The summed E-state index contributed by atoms with van der Waals surface area (Å²) < 4.78 is 16.1. The molecule has 4 aromatic rings. The van der Waals surface area contributed by atoms with Gasteiger partial charge in [-0.1, -0.05) is 74.0 Å². The van der Waals surface area contributed by atoms with Gasteiger partial charge in [-0.05, 0) is 73.6 Å². The molecule has 0 radical (unpaired) electrons. The number of aryl methyl sites for hydroxylation is 1. The highest BCUT2D eigenvalue weighted by molar-refractivity contribution is 6.08. The Kier molecular flexibility index (Phi) is 10.3. The lowest BCUT2D eigenvalue weighted by molar-refractivity contribution is -0.119. The number of Topliss-reactive ketones (excluding diaryl/α,β-unsaturated/α-hetero) is 2. The smallest absolute Gasteiger partial charge is 0.169 e. The second kappa shape index (κ2) is 13.9. The van der Waals surface area contributed by atoms with E-state index in [9.17, 15) is 24.2 Å². The van der Waals surface area contributed by atoms with Crippen LogP contribution >= 0.6 is 0 Å². The van der Waals surface area contributed by atoms with Gasteiger partial charge in [0.25, 0.3) is 0 Å². The predicted molar refractivity (Wildman–Crippen MR) is 165 cm³/mol. The number of rotatable bonds is 13. The molecule has 0 aliphatic rings. The monoisotopic (exact) mass is 569 g/mol. The summed E-state index contributed by atoms with van der Waals surface area (Å²) >= 11 is 0. The number of carbonyl (C=O) groups excluding carboxylic acids is 2. The van der Waals surface area contributed by atoms with E-state index < -0.39 is 12.2 Å². The van der Waals surface area contributed by atoms with Gasteiger partial charge in [-0.3, -0.25) is 9.59 Å². The standard InChI is InChI=1S/C36H40FNO4/c1-23(2)35-34(32(42)21-26-12-10-24(3)11-13-26)33(27-8-6-5-7-9-27)36(28-14-16-29(37)17-15-28)38(35)19-18-30(40)22-31(41)20-25(4)39/h5-17,23,30-31,40-41H,18-22H2,1-4H3/t30-,31+/m1/s1. The quantitative estimate of drug-likeness (QED) is 0.166. The fourth-order valence-electron chi connectivity index (χ4n) is 5.65. The molecular weight excluding hydrogens is 529 g/mol. The molecule has 0 fully saturated rings. The summed E-state index contributed by atoms with van der Waals surface area (Å²) in [5.74, 6) is -0.544. The Labute approximate surface area is 247 Å². The van der Waals surface area contributed by atoms with Gasteiger partial charge in [0.15, 0.2) is 5.78 Å². The Bertz CT molecular complexity index is 1510. The number of halogens is 1. The highest BCUT2D eigenvalue weighted by Gasteiger charge is 2.30. The van der Waals surface area contributed by atoms with Crippen molar-refractivity contribution in [3.8, 4) is 22.4 Å². The number of aliphatic hydroxyl groups excluding tert-OH is 2. The van der Waals surface area contributed by atoms with E-state index in [0.29, 0.717) is 18.5 Å². The zero-order valence-electron chi connectivity index (χ0n) is 24.8. The van der Waals surface area contributed by atoms with Crippen LogP contribution in [0.2, 0.25) is 0 Å². The van der Waals surface area contributed by atoms with Gasteiger partial charge < -0.3 is 14.8 Å². The summed E-state index contributed by atoms with van der Waals surface area (Å²) in [6.45, 7) is 7.89. The van der Waals surface area contributed by atoms with Gasteiger partial charge in [-0.2, -0.15) is 0 Å². The number of hydrogen-bond donors (Lipinski definition) is 2. The van der Waals surface area contributed by atoms with Crippen LogP contribution in [0.5, 0.6) is 0 Å². The molecule has 0 saturated carbocycles. The fourth-order valence-corrected chi connectivity index (χ4v) is 5.65. The zero-order valence-corrected chi connectivity index (χ0v) is 24.8. The van der Waals surface area contributed by atoms with Crippen LogP contribution < -0.4 is 0 Å². The Balaban J connectivity index is 1.89. The van der Waals surface area contributed by atoms with Crippen molar-refractivity contribution in [3.05, 3.63) is 107 Å². The molecule has 0 saturated heterocycles. The molecule has 0 spiro atoms. The van der Waals surface area contributed by atoms with Crippen LogP contribution in [-0.4, -0.2) is 38.6 Å². The van der Waals surface area contributed by atoms with Crippen LogP contribution in [0.3, 0.4) is 0 Å². The second-order valence-corrected chi connectivity index (χ2v) is 11.5. The Hall–Kier alpha value is -3.87. The molecular formula is C36H40FNO4. The third-order valence-corrected chi connectivity index (χ3v) is 7.55. The molecule has 2 N–H and O–H groups in total. The van der Waals surface area contributed by atoms with Gasteiger partial charge in [-0.15, -0.1) is 0 Å². The first-order valence-corrected chi connectivity index (χ1v) is 14.6. The van der Waals surface area contributed by atoms with Gasteiger partial charge in [0, 0.05) is 36.2 Å². The number of hydrogen-bond acceptors (Lipinski definition) is 4. The first-order valence-electron chi connectivity index (χ1n) is 14.6. The molecule has 0 aliphatic heterocycles. The Morgan fingerprint density at radius 2 is 1.50 bits per heavy atom. The molecule has 1 aromatic heterocycles. The van der Waals surface area contributed by atoms with E-state index in [1.807, 2.05) is 75.4 Å². The lowest BCUT2D eigenvalue weighted by Gasteiger charge is -2.20. The lowest BCUT2D eigenvalue weighted by atomic mass is 9.90. The van der Waals surface area contributed by atoms with E-state index in [4.69, 9.17) is 0 Å². The van der Waals surface area contributed by atoms with Crippen molar-refractivity contribution in [2.75, 3.05) is 0 Å². The highest BCUT2D eigenvalue weighted by atomic mass is 19.1. The maximum Gasteiger partial charge on any atom is 0.169 e. The van der Waals surface area contributed by atoms with Crippen molar-refractivity contribution in [2.45, 2.75) is 78.0 Å². The van der Waals surface area contributed by atoms with Crippen molar-refractivity contribution in [1.29, 1.82) is 0 Å². The molecule has 0 bridgehead atoms. The molecule has 0 aliphatic carbocycles. The SMILES string of the molecule is CC(=O)C[C@H](O)C[C@H](O)CCn1c(-c2ccc(F)cc2)c(-c2ccccc2)c(C(=O)Cc2ccc(C)cc2)c1C(C)C. The van der Waals surface area contributed by atoms with Crippen LogP contribution in [0, 0.1) is 12.7 Å². The number of aliphatic hydroxyl groups is 2. The summed E-state index contributed by atoms with van der Waals surface area (Å²) in [7, 11) is 0. The van der Waals surface area contributed by atoms with E-state index in [0.717, 1.165) is 39.2 Å². The van der Waals surface area contributed by atoms with E-state index in [2.05, 4.69) is 4.57 Å². The maximum absolute atomic E-state index is 14.3. The van der Waals surface area contributed by atoms with Crippen molar-refractivity contribution in [3.63, 3.8) is 0 Å². The van der Waals surface area contributed by atoms with E-state index in [-0.39, 0.29) is 42.6 Å². The molecule has 6 heteroatoms. The zero-order chi connectivity index (χ0) is 30.4. The van der Waals surface area contributed by atoms with Crippen LogP contribution in [-0.2, 0) is 17.8 Å². The maximum atomic E-state index is 14.3. The van der Waals surface area contributed by atoms with Crippen LogP contribution in [0.25, 0.3) is 22.4 Å². The van der Waals surface area contributed by atoms with E-state index in [1.54, 1.807) is 12.1 Å². The topological polar surface area (TPSA) is 79.5 Å². The summed E-state index contributed by atoms with van der Waals surface area (Å²) in [6, 6.07) is 24.0. The fraction of sp³-hybridized carbons (Fsp3) is 0.333. The lowest BCUT2D eigenvalue weighted by Crippen LogP contribution is -2.22. The number of aromatic nitrogens is 1. The van der Waals surface area contributed by atoms with Crippen LogP contribution in [0.15, 0.2) is 78.9 Å². The molecule has 5 nitrogen and oxygen atoms in total. The molecule has 3 aromatic carbocycles. The molecule has 2 atom stereocenters. The number of ketones is 2. The number of benzene rings is 3. The number of nitrogens with zero attached hydrogens (tertiary/aromatic N) is 1. The minimum Gasteiger partial charge on any atom is -0.393 e. The summed E-state index contributed by atoms with van der Waals surface area (Å²) in [5, 5.41) is 21.1. The largest absolute Gasteiger partial charge is 0.393 e. The van der Waals surface area contributed by atoms with Crippen molar-refractivity contribution in [1.82, 2.24) is 4.57 Å². The second-order valence-electron chi connectivity index (χ2n) is 11.5. The minimum absolute atomic E-state index is 0.00549. The predicted octanol–water partition coefficient (Wildman–Crippen LogP) is 7.30. The molecule has 4 rings (SSSR count). The third kappa shape index (κ3) is 7.50. The summed E-state index contributed by atoms with van der Waals surface area (Å²) in [6.07, 6.45) is -1.17. The van der Waals surface area contributed by atoms with Gasteiger partial charge in [0.2, 0.25) is 0 Å². The summed E-state index contributed by atoms with van der Waals surface area (Å²) in [4.78, 5) is 25.7. The average molecular weight is 570 g/mol. The normalized spacial score (nSPS) is 12.9. The van der Waals surface area contributed by atoms with Crippen molar-refractivity contribution in [2.24, 2.45) is 0 Å². The van der Waals surface area contributed by atoms with Crippen molar-refractivity contribution >= 4 is 11.6 Å². The first-order chi connectivity index (χ1) is 20.0. The van der Waals surface area contributed by atoms with Crippen molar-refractivity contribution < 1.29 is 24.2 Å². The summed E-state index contributed by atoms with van der Waals surface area (Å²) in [5.41, 5.74) is 6.73. The van der Waals surface area contributed by atoms with Gasteiger partial charge in [-0.25, -0.2) is 4.39 Å². The van der Waals surface area contributed by atoms with E-state index >= 15 is 0 Å². The third-order valence-electron chi connectivity index (χ3n) is 7.55. The van der Waals surface area contributed by atoms with Gasteiger partial charge in [0.05, 0.1) is 17.9 Å². The minimum atomic E-state index is -0.921. The first kappa shape index (κ1) is 31.1. The van der Waals surface area contributed by atoms with Crippen LogP contribution in [0.1, 0.15) is 73.1 Å². The van der Waals surface area contributed by atoms with Gasteiger partial charge in [0.1, 0.15) is 11.6 Å². The molecule has 42 heavy (non-hydrogen) atoms. The molecule has 220 valence electrons. The molecule has 0 unspecified atom stereocenters. The Morgan fingerprint density at radius 1 is 0.857 bits per heavy atom. The number of carbonyl (C=O) groups is 2. The Morgan fingerprint density at radius 3 is 2.10 bits per heavy atom. The van der Waals surface area contributed by atoms with Crippen LogP contribution in [0.4, 0.5) is 4.39 Å². The van der Waals surface area contributed by atoms with E-state index in [1.165, 1.54) is 19.1 Å². The van der Waals surface area contributed by atoms with Gasteiger partial charge >= 0.3 is 0 Å². The highest BCUT2D eigenvalue weighted by Crippen LogP contribution is 2.43.